The second-order valence-electron chi connectivity index (χ2n) is 6.19. The maximum Gasteiger partial charge on any atom is 0.513 e. The predicted molar refractivity (Wildman–Crippen MR) is 112 cm³/mol. The normalized spacial score (nSPS) is 10.5. The van der Waals surface area contributed by atoms with Crippen LogP contribution in [-0.2, 0) is 16.0 Å². The van der Waals surface area contributed by atoms with Crippen molar-refractivity contribution >= 4 is 18.3 Å². The van der Waals surface area contributed by atoms with Crippen LogP contribution < -0.4 is 19.6 Å². The van der Waals surface area contributed by atoms with E-state index >= 15 is 0 Å². The fraction of sp³-hybridized carbons (Fsp3) is 0.318. The molecule has 0 fully saturated rings. The van der Waals surface area contributed by atoms with E-state index in [0.29, 0.717) is 24.2 Å². The Kier molecular flexibility index (Phi) is 9.18. The molecule has 1 N–H and O–H groups in total. The molecule has 0 bridgehead atoms. The second kappa shape index (κ2) is 12.1. The standard InChI is InChI=1S/C22H26N2O6/c1-4-29-22(26)30-19-13-10-17(14-20(19)28-3)15-23-24-21(25)7-5-6-16-8-11-18(27-2)12-9-16/h8-15H,4-7H2,1-3H3,(H,24,25)/b23-15+. The minimum absolute atomic E-state index is 0.172. The molecule has 0 atom stereocenters. The Balaban J connectivity index is 1.80. The zero-order valence-corrected chi connectivity index (χ0v) is 17.3. The number of hydrogen-bond acceptors (Lipinski definition) is 7. The fourth-order valence-corrected chi connectivity index (χ4v) is 2.57. The third-order valence-electron chi connectivity index (χ3n) is 4.07. The Morgan fingerprint density at radius 1 is 1.03 bits per heavy atom. The predicted octanol–water partition coefficient (Wildman–Crippen LogP) is 3.71. The Morgan fingerprint density at radius 3 is 2.47 bits per heavy atom. The molecule has 0 unspecified atom stereocenters. The summed E-state index contributed by atoms with van der Waals surface area (Å²) in [7, 11) is 3.08. The van der Waals surface area contributed by atoms with Gasteiger partial charge < -0.3 is 18.9 Å². The van der Waals surface area contributed by atoms with Gasteiger partial charge in [-0.1, -0.05) is 12.1 Å². The molecule has 0 aliphatic rings. The number of hydrazone groups is 1. The summed E-state index contributed by atoms with van der Waals surface area (Å²) in [5, 5.41) is 3.96. The molecule has 8 nitrogen and oxygen atoms in total. The van der Waals surface area contributed by atoms with Gasteiger partial charge >= 0.3 is 6.16 Å². The molecule has 30 heavy (non-hydrogen) atoms. The van der Waals surface area contributed by atoms with E-state index in [-0.39, 0.29) is 18.3 Å². The SMILES string of the molecule is CCOC(=O)Oc1ccc(/C=N/NC(=O)CCCc2ccc(OC)cc2)cc1OC. The average Bonchev–Trinajstić information content (AvgIpc) is 2.75. The highest BCUT2D eigenvalue weighted by Gasteiger charge is 2.11. The van der Waals surface area contributed by atoms with Gasteiger partial charge in [-0.15, -0.1) is 0 Å². The summed E-state index contributed by atoms with van der Waals surface area (Å²) in [4.78, 5) is 23.4. The highest BCUT2D eigenvalue weighted by atomic mass is 16.7. The third kappa shape index (κ3) is 7.46. The monoisotopic (exact) mass is 414 g/mol. The van der Waals surface area contributed by atoms with Gasteiger partial charge in [-0.3, -0.25) is 4.79 Å². The van der Waals surface area contributed by atoms with E-state index in [1.54, 1.807) is 32.2 Å². The molecule has 0 saturated carbocycles. The lowest BCUT2D eigenvalue weighted by molar-refractivity contribution is -0.121. The first-order valence-corrected chi connectivity index (χ1v) is 9.53. The number of hydrogen-bond donors (Lipinski definition) is 1. The first-order valence-electron chi connectivity index (χ1n) is 9.53. The van der Waals surface area contributed by atoms with Crippen molar-refractivity contribution in [1.82, 2.24) is 5.43 Å². The Hall–Kier alpha value is -3.55. The molecule has 2 aromatic rings. The van der Waals surface area contributed by atoms with Crippen LogP contribution in [0, 0.1) is 0 Å². The van der Waals surface area contributed by atoms with Crippen LogP contribution in [0.1, 0.15) is 30.9 Å². The molecule has 0 spiro atoms. The summed E-state index contributed by atoms with van der Waals surface area (Å²) in [6.07, 6.45) is 2.54. The lowest BCUT2D eigenvalue weighted by Crippen LogP contribution is -2.17. The molecule has 0 aliphatic heterocycles. The Labute approximate surface area is 175 Å². The van der Waals surface area contributed by atoms with E-state index in [1.807, 2.05) is 24.3 Å². The molecule has 0 heterocycles. The smallest absolute Gasteiger partial charge is 0.497 e. The van der Waals surface area contributed by atoms with Crippen molar-refractivity contribution in [3.8, 4) is 17.2 Å². The van der Waals surface area contributed by atoms with E-state index in [0.717, 1.165) is 17.7 Å². The number of rotatable bonds is 10. The molecule has 2 rings (SSSR count). The average molecular weight is 414 g/mol. The number of aryl methyl sites for hydroxylation is 1. The van der Waals surface area contributed by atoms with Crippen LogP contribution in [0.3, 0.4) is 0 Å². The largest absolute Gasteiger partial charge is 0.513 e. The lowest BCUT2D eigenvalue weighted by atomic mass is 10.1. The van der Waals surface area contributed by atoms with Crippen molar-refractivity contribution in [2.75, 3.05) is 20.8 Å². The van der Waals surface area contributed by atoms with Crippen LogP contribution in [0.25, 0.3) is 0 Å². The first-order chi connectivity index (χ1) is 14.5. The van der Waals surface area contributed by atoms with E-state index in [1.165, 1.54) is 13.3 Å². The fourth-order valence-electron chi connectivity index (χ4n) is 2.57. The summed E-state index contributed by atoms with van der Waals surface area (Å²) < 4.78 is 20.1. The van der Waals surface area contributed by atoms with Crippen molar-refractivity contribution in [3.63, 3.8) is 0 Å². The number of amides is 1. The van der Waals surface area contributed by atoms with Crippen LogP contribution in [0.2, 0.25) is 0 Å². The Morgan fingerprint density at radius 2 is 1.80 bits per heavy atom. The van der Waals surface area contributed by atoms with Gasteiger partial charge in [0, 0.05) is 6.42 Å². The number of carbonyl (C=O) groups excluding carboxylic acids is 2. The van der Waals surface area contributed by atoms with Gasteiger partial charge in [-0.2, -0.15) is 5.10 Å². The van der Waals surface area contributed by atoms with Gasteiger partial charge in [0.1, 0.15) is 5.75 Å². The summed E-state index contributed by atoms with van der Waals surface area (Å²) in [6, 6.07) is 12.6. The second-order valence-corrected chi connectivity index (χ2v) is 6.19. The molecule has 8 heteroatoms. The van der Waals surface area contributed by atoms with E-state index in [4.69, 9.17) is 18.9 Å². The van der Waals surface area contributed by atoms with Gasteiger partial charge in [0.15, 0.2) is 11.5 Å². The molecular weight excluding hydrogens is 388 g/mol. The number of benzene rings is 2. The van der Waals surface area contributed by atoms with Crippen molar-refractivity contribution in [2.45, 2.75) is 26.2 Å². The maximum atomic E-state index is 11.9. The molecule has 2 aromatic carbocycles. The topological polar surface area (TPSA) is 95.5 Å². The molecule has 160 valence electrons. The van der Waals surface area contributed by atoms with Crippen LogP contribution >= 0.6 is 0 Å². The van der Waals surface area contributed by atoms with Gasteiger partial charge in [-0.05, 0) is 61.2 Å². The molecule has 0 saturated heterocycles. The van der Waals surface area contributed by atoms with Crippen LogP contribution in [-0.4, -0.2) is 39.1 Å². The molecule has 0 aromatic heterocycles. The minimum atomic E-state index is -0.806. The van der Waals surface area contributed by atoms with E-state index in [9.17, 15) is 9.59 Å². The van der Waals surface area contributed by atoms with Gasteiger partial charge in [0.25, 0.3) is 0 Å². The zero-order valence-electron chi connectivity index (χ0n) is 17.3. The quantitative estimate of drug-likeness (QED) is 0.276. The van der Waals surface area contributed by atoms with Crippen molar-refractivity contribution < 1.29 is 28.5 Å². The lowest BCUT2D eigenvalue weighted by Gasteiger charge is -2.09. The number of nitrogens with zero attached hydrogens (tertiary/aromatic N) is 1. The summed E-state index contributed by atoms with van der Waals surface area (Å²) >= 11 is 0. The highest BCUT2D eigenvalue weighted by molar-refractivity contribution is 5.83. The molecular formula is C22H26N2O6. The van der Waals surface area contributed by atoms with Crippen LogP contribution in [0.4, 0.5) is 4.79 Å². The highest BCUT2D eigenvalue weighted by Crippen LogP contribution is 2.27. The maximum absolute atomic E-state index is 11.9. The molecule has 1 amide bonds. The van der Waals surface area contributed by atoms with Crippen molar-refractivity contribution in [3.05, 3.63) is 53.6 Å². The summed E-state index contributed by atoms with van der Waals surface area (Å²) in [5.41, 5.74) is 4.31. The third-order valence-corrected chi connectivity index (χ3v) is 4.07. The van der Waals surface area contributed by atoms with Crippen molar-refractivity contribution in [1.29, 1.82) is 0 Å². The molecule has 0 radical (unpaired) electrons. The number of methoxy groups -OCH3 is 2. The van der Waals surface area contributed by atoms with Crippen molar-refractivity contribution in [2.24, 2.45) is 5.10 Å². The molecule has 0 aliphatic carbocycles. The minimum Gasteiger partial charge on any atom is -0.497 e. The Bertz CT molecular complexity index is 864. The number of nitrogens with one attached hydrogen (secondary N) is 1. The van der Waals surface area contributed by atoms with Crippen LogP contribution in [0.15, 0.2) is 47.6 Å². The van der Waals surface area contributed by atoms with Gasteiger partial charge in [0.2, 0.25) is 5.91 Å². The number of carbonyl (C=O) groups is 2. The number of ether oxygens (including phenoxy) is 4. The van der Waals surface area contributed by atoms with Gasteiger partial charge in [-0.25, -0.2) is 10.2 Å². The van der Waals surface area contributed by atoms with Gasteiger partial charge in [0.05, 0.1) is 27.0 Å². The summed E-state index contributed by atoms with van der Waals surface area (Å²) in [5.74, 6) is 1.21. The summed E-state index contributed by atoms with van der Waals surface area (Å²) in [6.45, 7) is 1.90. The van der Waals surface area contributed by atoms with E-state index < -0.39 is 6.16 Å². The van der Waals surface area contributed by atoms with Crippen LogP contribution in [0.5, 0.6) is 17.2 Å². The van der Waals surface area contributed by atoms with E-state index in [2.05, 4.69) is 10.5 Å². The zero-order chi connectivity index (χ0) is 21.8. The first kappa shape index (κ1) is 22.7.